The highest BCUT2D eigenvalue weighted by atomic mass is 16.7. The fourth-order valence-electron chi connectivity index (χ4n) is 2.50. The van der Waals surface area contributed by atoms with Gasteiger partial charge >= 0.3 is 6.02 Å². The van der Waals surface area contributed by atoms with Crippen molar-refractivity contribution in [3.8, 4) is 0 Å². The van der Waals surface area contributed by atoms with Gasteiger partial charge in [-0.3, -0.25) is 4.84 Å². The molecule has 2 aromatic rings. The molecular weight excluding hydrogens is 254 g/mol. The molecule has 0 unspecified atom stereocenters. The molecule has 1 fully saturated rings. The van der Waals surface area contributed by atoms with E-state index in [1.807, 2.05) is 42.9 Å². The number of piperidine rings is 1. The van der Waals surface area contributed by atoms with E-state index in [4.69, 9.17) is 4.84 Å². The summed E-state index contributed by atoms with van der Waals surface area (Å²) in [7, 11) is 3.98. The largest absolute Gasteiger partial charge is 0.472 e. The topological polar surface area (TPSA) is 46.2 Å². The second kappa shape index (κ2) is 5.48. The van der Waals surface area contributed by atoms with E-state index < -0.39 is 0 Å². The predicted octanol–water partition coefficient (Wildman–Crippen LogP) is 0.974. The van der Waals surface area contributed by atoms with E-state index in [0.29, 0.717) is 0 Å². The minimum Gasteiger partial charge on any atom is -0.278 e. The van der Waals surface area contributed by atoms with Crippen molar-refractivity contribution in [1.82, 2.24) is 20.1 Å². The third-order valence-electron chi connectivity index (χ3n) is 3.50. The standard InChI is InChI=1S/C14H20N5O/c1-17(2)14(18-10-6-3-7-11-18)20-19-13-9-5-4-8-12(13)15-16-19/h4-5,8-9H,3,6-7,10-11H2,1-2H3/q+1. The summed E-state index contributed by atoms with van der Waals surface area (Å²) in [6.07, 6.45) is 3.71. The number of fused-ring (bicyclic) bond motifs is 1. The molecule has 20 heavy (non-hydrogen) atoms. The van der Waals surface area contributed by atoms with Gasteiger partial charge in [0.05, 0.1) is 27.2 Å². The van der Waals surface area contributed by atoms with E-state index >= 15 is 0 Å². The van der Waals surface area contributed by atoms with Gasteiger partial charge in [-0.25, -0.2) is 9.48 Å². The third kappa shape index (κ3) is 2.45. The van der Waals surface area contributed by atoms with E-state index in [0.717, 1.165) is 30.1 Å². The molecule has 0 amide bonds. The van der Waals surface area contributed by atoms with Gasteiger partial charge in [0.25, 0.3) is 0 Å². The molecule has 6 nitrogen and oxygen atoms in total. The summed E-state index contributed by atoms with van der Waals surface area (Å²) in [5.74, 6) is 0. The fourth-order valence-corrected chi connectivity index (χ4v) is 2.50. The monoisotopic (exact) mass is 274 g/mol. The van der Waals surface area contributed by atoms with Gasteiger partial charge < -0.3 is 0 Å². The molecule has 2 heterocycles. The molecule has 0 spiro atoms. The highest BCUT2D eigenvalue weighted by molar-refractivity contribution is 5.75. The van der Waals surface area contributed by atoms with Crippen LogP contribution in [0.25, 0.3) is 11.0 Å². The van der Waals surface area contributed by atoms with Gasteiger partial charge in [-0.05, 0) is 36.6 Å². The van der Waals surface area contributed by atoms with Crippen LogP contribution in [-0.4, -0.2) is 57.8 Å². The van der Waals surface area contributed by atoms with Crippen LogP contribution in [0.3, 0.4) is 0 Å². The number of hydrogen-bond donors (Lipinski definition) is 0. The average Bonchev–Trinajstić information content (AvgIpc) is 2.88. The van der Waals surface area contributed by atoms with Crippen molar-refractivity contribution in [3.05, 3.63) is 24.3 Å². The number of aromatic nitrogens is 3. The lowest BCUT2D eigenvalue weighted by Crippen LogP contribution is -2.45. The van der Waals surface area contributed by atoms with E-state index in [2.05, 4.69) is 15.2 Å². The molecule has 0 saturated carbocycles. The van der Waals surface area contributed by atoms with Crippen LogP contribution < -0.4 is 4.84 Å². The van der Waals surface area contributed by atoms with Gasteiger partial charge in [0.15, 0.2) is 0 Å². The Balaban J connectivity index is 1.88. The molecule has 0 radical (unpaired) electrons. The number of nitrogens with zero attached hydrogens (tertiary/aromatic N) is 5. The van der Waals surface area contributed by atoms with Crippen molar-refractivity contribution >= 4 is 17.1 Å². The maximum absolute atomic E-state index is 5.98. The van der Waals surface area contributed by atoms with Gasteiger partial charge in [-0.1, -0.05) is 17.0 Å². The van der Waals surface area contributed by atoms with Crippen molar-refractivity contribution in [2.24, 2.45) is 0 Å². The molecule has 1 aliphatic heterocycles. The van der Waals surface area contributed by atoms with Crippen LogP contribution in [0.5, 0.6) is 0 Å². The third-order valence-corrected chi connectivity index (χ3v) is 3.50. The number of benzene rings is 1. The van der Waals surface area contributed by atoms with Crippen molar-refractivity contribution < 1.29 is 9.41 Å². The lowest BCUT2D eigenvalue weighted by atomic mass is 10.1. The van der Waals surface area contributed by atoms with Gasteiger partial charge in [-0.2, -0.15) is 0 Å². The molecule has 0 bridgehead atoms. The Labute approximate surface area is 118 Å². The van der Waals surface area contributed by atoms with Crippen molar-refractivity contribution in [2.45, 2.75) is 19.3 Å². The summed E-state index contributed by atoms with van der Waals surface area (Å²) >= 11 is 0. The van der Waals surface area contributed by atoms with Crippen LogP contribution >= 0.6 is 0 Å². The summed E-state index contributed by atoms with van der Waals surface area (Å²) in [4.78, 5) is 9.74. The smallest absolute Gasteiger partial charge is 0.278 e. The van der Waals surface area contributed by atoms with Gasteiger partial charge in [0.1, 0.15) is 11.0 Å². The molecule has 0 aliphatic carbocycles. The summed E-state index contributed by atoms with van der Waals surface area (Å²) in [5.41, 5.74) is 1.72. The molecular formula is C14H20N5O+. The first-order valence-electron chi connectivity index (χ1n) is 7.04. The van der Waals surface area contributed by atoms with E-state index in [1.54, 1.807) is 0 Å². The molecule has 1 aromatic heterocycles. The second-order valence-corrected chi connectivity index (χ2v) is 5.27. The Kier molecular flexibility index (Phi) is 3.54. The van der Waals surface area contributed by atoms with E-state index in [1.165, 1.54) is 24.1 Å². The number of amidine groups is 1. The van der Waals surface area contributed by atoms with Crippen LogP contribution in [-0.2, 0) is 0 Å². The quantitative estimate of drug-likeness (QED) is 0.442. The van der Waals surface area contributed by atoms with Gasteiger partial charge in [-0.15, -0.1) is 5.10 Å². The van der Waals surface area contributed by atoms with Crippen LogP contribution in [0.15, 0.2) is 24.3 Å². The first-order valence-corrected chi connectivity index (χ1v) is 7.04. The lowest BCUT2D eigenvalue weighted by molar-refractivity contribution is -0.481. The molecule has 1 saturated heterocycles. The predicted molar refractivity (Wildman–Crippen MR) is 76.6 cm³/mol. The molecule has 1 aliphatic rings. The Morgan fingerprint density at radius 2 is 1.90 bits per heavy atom. The zero-order valence-electron chi connectivity index (χ0n) is 12.0. The van der Waals surface area contributed by atoms with Gasteiger partial charge in [0, 0.05) is 0 Å². The van der Waals surface area contributed by atoms with Crippen LogP contribution in [0.2, 0.25) is 0 Å². The second-order valence-electron chi connectivity index (χ2n) is 5.27. The Morgan fingerprint density at radius 1 is 1.15 bits per heavy atom. The number of para-hydroxylation sites is 1. The SMILES string of the molecule is C[N+](C)=C(On1nnc2ccccc21)N1CCCCC1. The summed E-state index contributed by atoms with van der Waals surface area (Å²) in [6, 6.07) is 8.61. The summed E-state index contributed by atoms with van der Waals surface area (Å²) in [6.45, 7) is 2.06. The molecule has 3 rings (SSSR count). The fraction of sp³-hybridized carbons (Fsp3) is 0.500. The summed E-state index contributed by atoms with van der Waals surface area (Å²) in [5, 5.41) is 8.20. The zero-order valence-corrected chi connectivity index (χ0v) is 12.0. The van der Waals surface area contributed by atoms with Crippen molar-refractivity contribution in [1.29, 1.82) is 0 Å². The number of likely N-dealkylation sites (tertiary alicyclic amines) is 1. The van der Waals surface area contributed by atoms with Crippen LogP contribution in [0, 0.1) is 0 Å². The Bertz CT molecular complexity index is 623. The van der Waals surface area contributed by atoms with Crippen LogP contribution in [0.1, 0.15) is 19.3 Å². The highest BCUT2D eigenvalue weighted by Crippen LogP contribution is 2.11. The molecule has 6 heteroatoms. The van der Waals surface area contributed by atoms with E-state index in [9.17, 15) is 0 Å². The van der Waals surface area contributed by atoms with E-state index in [-0.39, 0.29) is 0 Å². The molecule has 106 valence electrons. The molecule has 0 N–H and O–H groups in total. The number of rotatable bonds is 1. The normalized spacial score (nSPS) is 15.4. The first-order chi connectivity index (χ1) is 9.75. The average molecular weight is 274 g/mol. The highest BCUT2D eigenvalue weighted by Gasteiger charge is 2.26. The van der Waals surface area contributed by atoms with Crippen molar-refractivity contribution in [2.75, 3.05) is 27.2 Å². The van der Waals surface area contributed by atoms with Crippen molar-refractivity contribution in [3.63, 3.8) is 0 Å². The number of hydrogen-bond acceptors (Lipinski definition) is 3. The molecule has 0 atom stereocenters. The Hall–Kier alpha value is -2.11. The van der Waals surface area contributed by atoms with Crippen LogP contribution in [0.4, 0.5) is 0 Å². The first kappa shape index (κ1) is 12.9. The Morgan fingerprint density at radius 3 is 2.65 bits per heavy atom. The summed E-state index contributed by atoms with van der Waals surface area (Å²) < 4.78 is 1.99. The minimum atomic E-state index is 0.820. The maximum atomic E-state index is 5.98. The maximum Gasteiger partial charge on any atom is 0.472 e. The molecule has 1 aromatic carbocycles. The zero-order chi connectivity index (χ0) is 13.9. The van der Waals surface area contributed by atoms with Gasteiger partial charge in [0.2, 0.25) is 0 Å². The lowest BCUT2D eigenvalue weighted by Gasteiger charge is -2.22. The minimum absolute atomic E-state index is 0.820.